The first-order valence-corrected chi connectivity index (χ1v) is 6.05. The van der Waals surface area contributed by atoms with Crippen molar-refractivity contribution >= 4 is 11.6 Å². The molecule has 1 unspecified atom stereocenters. The highest BCUT2D eigenvalue weighted by Crippen LogP contribution is 2.29. The van der Waals surface area contributed by atoms with Gasteiger partial charge in [-0.05, 0) is 26.8 Å². The Morgan fingerprint density at radius 3 is 2.94 bits per heavy atom. The van der Waals surface area contributed by atoms with E-state index in [0.29, 0.717) is 24.4 Å². The van der Waals surface area contributed by atoms with E-state index in [0.717, 1.165) is 24.5 Å². The largest absolute Gasteiger partial charge is 0.313 e. The summed E-state index contributed by atoms with van der Waals surface area (Å²) < 4.78 is 16.1. The molecule has 1 saturated heterocycles. The summed E-state index contributed by atoms with van der Waals surface area (Å²) in [5, 5.41) is 7.97. The molecule has 0 saturated carbocycles. The zero-order valence-electron chi connectivity index (χ0n) is 9.69. The molecule has 3 nitrogen and oxygen atoms in total. The molecule has 1 N–H and O–H groups in total. The minimum atomic E-state index is -1.16. The molecule has 1 fully saturated rings. The van der Waals surface area contributed by atoms with Crippen LogP contribution in [-0.4, -0.2) is 28.5 Å². The van der Waals surface area contributed by atoms with Gasteiger partial charge in [0.05, 0.1) is 16.4 Å². The molecule has 1 aromatic heterocycles. The van der Waals surface area contributed by atoms with E-state index in [2.05, 4.69) is 10.4 Å². The maximum atomic E-state index is 14.3. The Hall–Kier alpha value is -0.610. The number of nitrogens with zero attached hydrogens (tertiary/aromatic N) is 2. The van der Waals surface area contributed by atoms with Gasteiger partial charge in [-0.15, -0.1) is 0 Å². The Balaban J connectivity index is 2.26. The molecule has 0 amide bonds. The summed E-state index contributed by atoms with van der Waals surface area (Å²) in [5.74, 6) is 0. The van der Waals surface area contributed by atoms with Gasteiger partial charge in [0.15, 0.2) is 0 Å². The second-order valence-electron chi connectivity index (χ2n) is 4.42. The van der Waals surface area contributed by atoms with Crippen molar-refractivity contribution in [3.63, 3.8) is 0 Å². The predicted octanol–water partition coefficient (Wildman–Crippen LogP) is 2.11. The summed E-state index contributed by atoms with van der Waals surface area (Å²) in [5.41, 5.74) is 0.448. The number of hydrogen-bond donors (Lipinski definition) is 1. The van der Waals surface area contributed by atoms with E-state index in [4.69, 9.17) is 11.6 Å². The molecule has 1 aliphatic rings. The van der Waals surface area contributed by atoms with E-state index in [1.807, 2.05) is 13.8 Å². The number of halogens is 2. The SMILES string of the molecule is CCn1nc(C)c(Cl)c1CC1(F)CCNC1. The average molecular weight is 246 g/mol. The fourth-order valence-electron chi connectivity index (χ4n) is 2.20. The van der Waals surface area contributed by atoms with Crippen LogP contribution in [0.1, 0.15) is 24.7 Å². The molecule has 5 heteroatoms. The standard InChI is InChI=1S/C11H17ClFN3/c1-3-16-9(10(12)8(2)15-16)6-11(13)4-5-14-7-11/h14H,3-7H2,1-2H3. The Morgan fingerprint density at radius 1 is 1.62 bits per heavy atom. The lowest BCUT2D eigenvalue weighted by atomic mass is 9.98. The normalized spacial score (nSPS) is 25.2. The summed E-state index contributed by atoms with van der Waals surface area (Å²) in [6.45, 7) is 5.73. The highest BCUT2D eigenvalue weighted by Gasteiger charge is 2.35. The molecule has 1 atom stereocenters. The van der Waals surface area contributed by atoms with Gasteiger partial charge in [-0.2, -0.15) is 5.10 Å². The van der Waals surface area contributed by atoms with Gasteiger partial charge in [-0.25, -0.2) is 4.39 Å². The molecule has 1 aliphatic heterocycles. The minimum Gasteiger partial charge on any atom is -0.313 e. The molecule has 2 rings (SSSR count). The molecule has 0 bridgehead atoms. The summed E-state index contributed by atoms with van der Waals surface area (Å²) in [7, 11) is 0. The van der Waals surface area contributed by atoms with Gasteiger partial charge in [0, 0.05) is 19.5 Å². The monoisotopic (exact) mass is 245 g/mol. The summed E-state index contributed by atoms with van der Waals surface area (Å²) in [6.07, 6.45) is 0.908. The van der Waals surface area contributed by atoms with Gasteiger partial charge in [-0.1, -0.05) is 11.6 Å². The maximum Gasteiger partial charge on any atom is 0.130 e. The highest BCUT2D eigenvalue weighted by molar-refractivity contribution is 6.31. The number of aryl methyl sites for hydroxylation is 2. The third kappa shape index (κ3) is 2.09. The van der Waals surface area contributed by atoms with E-state index < -0.39 is 5.67 Å². The van der Waals surface area contributed by atoms with Gasteiger partial charge < -0.3 is 5.32 Å². The van der Waals surface area contributed by atoms with Crippen LogP contribution in [0.5, 0.6) is 0 Å². The van der Waals surface area contributed by atoms with Crippen molar-refractivity contribution in [2.24, 2.45) is 0 Å². The first-order valence-electron chi connectivity index (χ1n) is 5.67. The van der Waals surface area contributed by atoms with Crippen LogP contribution in [0.25, 0.3) is 0 Å². The van der Waals surface area contributed by atoms with Crippen LogP contribution in [0.15, 0.2) is 0 Å². The number of alkyl halides is 1. The second-order valence-corrected chi connectivity index (χ2v) is 4.79. The maximum absolute atomic E-state index is 14.3. The van der Waals surface area contributed by atoms with Crippen molar-refractivity contribution in [3.05, 3.63) is 16.4 Å². The van der Waals surface area contributed by atoms with Crippen LogP contribution in [0.3, 0.4) is 0 Å². The zero-order valence-corrected chi connectivity index (χ0v) is 10.4. The van der Waals surface area contributed by atoms with Crippen LogP contribution in [-0.2, 0) is 13.0 Å². The first-order chi connectivity index (χ1) is 7.56. The molecule has 0 spiro atoms. The lowest BCUT2D eigenvalue weighted by Crippen LogP contribution is -2.30. The summed E-state index contributed by atoms with van der Waals surface area (Å²) in [6, 6.07) is 0. The van der Waals surface area contributed by atoms with Crippen LogP contribution >= 0.6 is 11.6 Å². The average Bonchev–Trinajstić information content (AvgIpc) is 2.78. The zero-order chi connectivity index (χ0) is 11.8. The molecule has 0 radical (unpaired) electrons. The van der Waals surface area contributed by atoms with Gasteiger partial charge in [-0.3, -0.25) is 4.68 Å². The third-order valence-corrected chi connectivity index (χ3v) is 3.62. The third-order valence-electron chi connectivity index (χ3n) is 3.13. The summed E-state index contributed by atoms with van der Waals surface area (Å²) in [4.78, 5) is 0. The predicted molar refractivity (Wildman–Crippen MR) is 62.7 cm³/mol. The molecule has 2 heterocycles. The van der Waals surface area contributed by atoms with E-state index in [-0.39, 0.29) is 0 Å². The fraction of sp³-hybridized carbons (Fsp3) is 0.727. The molecule has 0 aliphatic carbocycles. The summed E-state index contributed by atoms with van der Waals surface area (Å²) >= 11 is 6.16. The molecular weight excluding hydrogens is 229 g/mol. The number of rotatable bonds is 3. The van der Waals surface area contributed by atoms with E-state index in [9.17, 15) is 4.39 Å². The number of nitrogens with one attached hydrogen (secondary N) is 1. The highest BCUT2D eigenvalue weighted by atomic mass is 35.5. The molecular formula is C11H17ClFN3. The van der Waals surface area contributed by atoms with Gasteiger partial charge in [0.2, 0.25) is 0 Å². The van der Waals surface area contributed by atoms with Crippen molar-refractivity contribution in [2.75, 3.05) is 13.1 Å². The smallest absolute Gasteiger partial charge is 0.130 e. The van der Waals surface area contributed by atoms with Gasteiger partial charge >= 0.3 is 0 Å². The topological polar surface area (TPSA) is 29.9 Å². The van der Waals surface area contributed by atoms with E-state index >= 15 is 0 Å². The Labute approximate surface area is 100.0 Å². The first kappa shape index (κ1) is 11.9. The van der Waals surface area contributed by atoms with Gasteiger partial charge in [0.25, 0.3) is 0 Å². The van der Waals surface area contributed by atoms with Crippen LogP contribution < -0.4 is 5.32 Å². The quantitative estimate of drug-likeness (QED) is 0.884. The van der Waals surface area contributed by atoms with Crippen LogP contribution in [0.4, 0.5) is 4.39 Å². The van der Waals surface area contributed by atoms with Crippen LogP contribution in [0, 0.1) is 6.92 Å². The van der Waals surface area contributed by atoms with Crippen molar-refractivity contribution in [1.82, 2.24) is 15.1 Å². The second kappa shape index (κ2) is 4.34. The van der Waals surface area contributed by atoms with E-state index in [1.165, 1.54) is 0 Å². The van der Waals surface area contributed by atoms with Crippen molar-refractivity contribution in [2.45, 2.75) is 38.9 Å². The lowest BCUT2D eigenvalue weighted by molar-refractivity contribution is 0.186. The molecule has 16 heavy (non-hydrogen) atoms. The molecule has 0 aromatic carbocycles. The van der Waals surface area contributed by atoms with Crippen molar-refractivity contribution < 1.29 is 4.39 Å². The Kier molecular flexibility index (Phi) is 3.22. The van der Waals surface area contributed by atoms with Crippen molar-refractivity contribution in [1.29, 1.82) is 0 Å². The van der Waals surface area contributed by atoms with Gasteiger partial charge in [0.1, 0.15) is 5.67 Å². The number of aromatic nitrogens is 2. The van der Waals surface area contributed by atoms with E-state index in [1.54, 1.807) is 4.68 Å². The van der Waals surface area contributed by atoms with Crippen LogP contribution in [0.2, 0.25) is 5.02 Å². The van der Waals surface area contributed by atoms with Crippen molar-refractivity contribution in [3.8, 4) is 0 Å². The Bertz CT molecular complexity index is 383. The lowest BCUT2D eigenvalue weighted by Gasteiger charge is -2.18. The molecule has 1 aromatic rings. The minimum absolute atomic E-state index is 0.355. The number of hydrogen-bond acceptors (Lipinski definition) is 2. The Morgan fingerprint density at radius 2 is 2.38 bits per heavy atom. The molecule has 90 valence electrons. The fourth-order valence-corrected chi connectivity index (χ4v) is 2.40.